The fourth-order valence-electron chi connectivity index (χ4n) is 2.97. The first kappa shape index (κ1) is 20.3. The third kappa shape index (κ3) is 5.08. The molecule has 28 heavy (non-hydrogen) atoms. The van der Waals surface area contributed by atoms with Gasteiger partial charge >= 0.3 is 0 Å². The molecule has 1 atom stereocenters. The van der Waals surface area contributed by atoms with Crippen LogP contribution in [0.4, 0.5) is 5.69 Å². The molecule has 2 heterocycles. The minimum atomic E-state index is -0.663. The Balaban J connectivity index is 1.52. The number of hydrogen-bond donors (Lipinski definition) is 1. The monoisotopic (exact) mass is 447 g/mol. The molecule has 7 nitrogen and oxygen atoms in total. The number of pyridine rings is 1. The fourth-order valence-corrected chi connectivity index (χ4v) is 3.35. The van der Waals surface area contributed by atoms with Crippen molar-refractivity contribution in [1.29, 1.82) is 0 Å². The van der Waals surface area contributed by atoms with Crippen molar-refractivity contribution < 1.29 is 19.1 Å². The zero-order valence-electron chi connectivity index (χ0n) is 15.6. The third-order valence-corrected chi connectivity index (χ3v) is 4.94. The molecule has 1 fully saturated rings. The summed E-state index contributed by atoms with van der Waals surface area (Å²) in [6, 6.07) is 11.1. The van der Waals surface area contributed by atoms with Gasteiger partial charge in [-0.25, -0.2) is 4.98 Å². The van der Waals surface area contributed by atoms with E-state index in [4.69, 9.17) is 9.47 Å². The second-order valence-corrected chi connectivity index (χ2v) is 7.29. The van der Waals surface area contributed by atoms with Crippen LogP contribution in [-0.4, -0.2) is 43.7 Å². The van der Waals surface area contributed by atoms with E-state index >= 15 is 0 Å². The average molecular weight is 448 g/mol. The summed E-state index contributed by atoms with van der Waals surface area (Å²) in [5, 5.41) is 2.83. The lowest BCUT2D eigenvalue weighted by Gasteiger charge is -2.17. The number of ether oxygens (including phenoxy) is 2. The zero-order chi connectivity index (χ0) is 19.9. The first-order valence-corrected chi connectivity index (χ1v) is 9.79. The highest BCUT2D eigenvalue weighted by Crippen LogP contribution is 2.27. The number of aromatic nitrogens is 1. The minimum Gasteiger partial charge on any atom is -0.475 e. The Morgan fingerprint density at radius 1 is 1.32 bits per heavy atom. The number of benzene rings is 1. The molecule has 1 aliphatic heterocycles. The van der Waals surface area contributed by atoms with Crippen LogP contribution in [0.5, 0.6) is 5.88 Å². The first-order chi connectivity index (χ1) is 13.6. The molecule has 2 aromatic rings. The van der Waals surface area contributed by atoms with E-state index in [1.165, 1.54) is 0 Å². The molecule has 1 aromatic heterocycles. The summed E-state index contributed by atoms with van der Waals surface area (Å²) in [4.78, 5) is 31.0. The first-order valence-electron chi connectivity index (χ1n) is 9.00. The van der Waals surface area contributed by atoms with Crippen LogP contribution in [0.25, 0.3) is 0 Å². The third-order valence-electron chi connectivity index (χ3n) is 4.44. The van der Waals surface area contributed by atoms with Crippen molar-refractivity contribution in [3.8, 4) is 5.88 Å². The van der Waals surface area contributed by atoms with Crippen LogP contribution in [0.3, 0.4) is 0 Å². The number of methoxy groups -OCH3 is 1. The van der Waals surface area contributed by atoms with E-state index in [2.05, 4.69) is 26.2 Å². The normalized spacial score (nSPS) is 16.3. The van der Waals surface area contributed by atoms with Crippen LogP contribution in [0.2, 0.25) is 0 Å². The van der Waals surface area contributed by atoms with Gasteiger partial charge in [0.25, 0.3) is 0 Å². The number of halogens is 1. The van der Waals surface area contributed by atoms with Crippen LogP contribution >= 0.6 is 15.9 Å². The molecule has 2 amide bonds. The zero-order valence-corrected chi connectivity index (χ0v) is 17.1. The van der Waals surface area contributed by atoms with Gasteiger partial charge in [0, 0.05) is 42.6 Å². The van der Waals surface area contributed by atoms with Gasteiger partial charge in [-0.3, -0.25) is 9.59 Å². The van der Waals surface area contributed by atoms with Crippen molar-refractivity contribution in [2.45, 2.75) is 13.0 Å². The molecule has 0 saturated carbocycles. The molecule has 1 aromatic carbocycles. The van der Waals surface area contributed by atoms with Crippen LogP contribution in [-0.2, 0) is 20.9 Å². The number of carbonyl (C=O) groups excluding carboxylic acids is 2. The highest BCUT2D eigenvalue weighted by Gasteiger charge is 2.37. The van der Waals surface area contributed by atoms with Gasteiger partial charge in [-0.05, 0) is 30.2 Å². The predicted molar refractivity (Wildman–Crippen MR) is 108 cm³/mol. The standard InChI is InChI=1S/C20H22BrN3O4/c1-27-9-10-28-18-6-5-14(12-22-18)13-23-19(25)17-7-8-24(20(17)26)16-4-2-3-15(21)11-16/h2-6,11-12,17H,7-10,13H2,1H3,(H,23,25). The van der Waals surface area contributed by atoms with E-state index in [0.29, 0.717) is 38.6 Å². The summed E-state index contributed by atoms with van der Waals surface area (Å²) < 4.78 is 11.2. The Morgan fingerprint density at radius 2 is 2.18 bits per heavy atom. The van der Waals surface area contributed by atoms with Crippen LogP contribution in [0.15, 0.2) is 47.1 Å². The van der Waals surface area contributed by atoms with Gasteiger partial charge in [0.15, 0.2) is 0 Å². The molecule has 3 rings (SSSR count). The Kier molecular flexibility index (Phi) is 7.00. The van der Waals surface area contributed by atoms with E-state index in [1.54, 1.807) is 24.3 Å². The van der Waals surface area contributed by atoms with E-state index in [9.17, 15) is 9.59 Å². The second-order valence-electron chi connectivity index (χ2n) is 6.37. The van der Waals surface area contributed by atoms with Crippen LogP contribution in [0.1, 0.15) is 12.0 Å². The number of amides is 2. The number of rotatable bonds is 8. The second kappa shape index (κ2) is 9.66. The molecule has 1 unspecified atom stereocenters. The Hall–Kier alpha value is -2.45. The number of anilines is 1. The Morgan fingerprint density at radius 3 is 2.89 bits per heavy atom. The van der Waals surface area contributed by atoms with Crippen molar-refractivity contribution in [2.75, 3.05) is 31.8 Å². The van der Waals surface area contributed by atoms with Crippen molar-refractivity contribution in [3.63, 3.8) is 0 Å². The quantitative estimate of drug-likeness (QED) is 0.496. The summed E-state index contributed by atoms with van der Waals surface area (Å²) in [5.41, 5.74) is 1.63. The highest BCUT2D eigenvalue weighted by atomic mass is 79.9. The van der Waals surface area contributed by atoms with Crippen molar-refractivity contribution in [3.05, 3.63) is 52.6 Å². The van der Waals surface area contributed by atoms with E-state index < -0.39 is 5.92 Å². The van der Waals surface area contributed by atoms with Gasteiger partial charge in [0.2, 0.25) is 17.7 Å². The molecule has 0 aliphatic carbocycles. The lowest BCUT2D eigenvalue weighted by Crippen LogP contribution is -2.36. The molecule has 0 radical (unpaired) electrons. The van der Waals surface area contributed by atoms with E-state index in [1.807, 2.05) is 30.3 Å². The molecule has 8 heteroatoms. The van der Waals surface area contributed by atoms with Gasteiger partial charge in [0.05, 0.1) is 6.61 Å². The van der Waals surface area contributed by atoms with Gasteiger partial charge in [-0.15, -0.1) is 0 Å². The van der Waals surface area contributed by atoms with Crippen molar-refractivity contribution in [1.82, 2.24) is 10.3 Å². The van der Waals surface area contributed by atoms with Gasteiger partial charge in [-0.1, -0.05) is 28.1 Å². The Labute approximate surface area is 172 Å². The molecule has 0 spiro atoms. The fraction of sp³-hybridized carbons (Fsp3) is 0.350. The summed E-state index contributed by atoms with van der Waals surface area (Å²) >= 11 is 3.41. The highest BCUT2D eigenvalue weighted by molar-refractivity contribution is 9.10. The number of carbonyl (C=O) groups is 2. The summed E-state index contributed by atoms with van der Waals surface area (Å²) in [7, 11) is 1.61. The average Bonchev–Trinajstić information content (AvgIpc) is 3.09. The summed E-state index contributed by atoms with van der Waals surface area (Å²) in [5.74, 6) is -0.593. The molecular formula is C20H22BrN3O4. The molecule has 1 saturated heterocycles. The number of nitrogens with zero attached hydrogens (tertiary/aromatic N) is 2. The largest absolute Gasteiger partial charge is 0.475 e. The molecule has 1 N–H and O–H groups in total. The van der Waals surface area contributed by atoms with E-state index in [0.717, 1.165) is 15.7 Å². The molecule has 148 valence electrons. The summed E-state index contributed by atoms with van der Waals surface area (Å²) in [6.07, 6.45) is 2.15. The van der Waals surface area contributed by atoms with Gasteiger partial charge < -0.3 is 19.7 Å². The topological polar surface area (TPSA) is 80.8 Å². The predicted octanol–water partition coefficient (Wildman–Crippen LogP) is 2.54. The van der Waals surface area contributed by atoms with E-state index in [-0.39, 0.29) is 11.8 Å². The van der Waals surface area contributed by atoms with Crippen LogP contribution < -0.4 is 15.0 Å². The molecule has 1 aliphatic rings. The maximum atomic E-state index is 12.7. The molecular weight excluding hydrogens is 426 g/mol. The van der Waals surface area contributed by atoms with Crippen molar-refractivity contribution in [2.24, 2.45) is 5.92 Å². The summed E-state index contributed by atoms with van der Waals surface area (Å²) in [6.45, 7) is 1.76. The Bertz CT molecular complexity index is 828. The SMILES string of the molecule is COCCOc1ccc(CNC(=O)C2CCN(c3cccc(Br)c3)C2=O)cn1. The van der Waals surface area contributed by atoms with Crippen LogP contribution in [0, 0.1) is 5.92 Å². The maximum Gasteiger partial charge on any atom is 0.239 e. The lowest BCUT2D eigenvalue weighted by molar-refractivity contribution is -0.132. The van der Waals surface area contributed by atoms with Gasteiger partial charge in [-0.2, -0.15) is 0 Å². The minimum absolute atomic E-state index is 0.171. The smallest absolute Gasteiger partial charge is 0.239 e. The number of hydrogen-bond acceptors (Lipinski definition) is 5. The van der Waals surface area contributed by atoms with Gasteiger partial charge in [0.1, 0.15) is 12.5 Å². The molecule has 0 bridgehead atoms. The lowest BCUT2D eigenvalue weighted by atomic mass is 10.1. The van der Waals surface area contributed by atoms with Crippen molar-refractivity contribution >= 4 is 33.4 Å². The maximum absolute atomic E-state index is 12.7. The number of nitrogens with one attached hydrogen (secondary N) is 1.